The van der Waals surface area contributed by atoms with Crippen LogP contribution in [0.2, 0.25) is 0 Å². The molecule has 1 rings (SSSR count). The monoisotopic (exact) mass is 247 g/mol. The van der Waals surface area contributed by atoms with Crippen molar-refractivity contribution in [1.82, 2.24) is 0 Å². The van der Waals surface area contributed by atoms with Crippen LogP contribution in [0.5, 0.6) is 0 Å². The highest BCUT2D eigenvalue weighted by Crippen LogP contribution is 2.15. The van der Waals surface area contributed by atoms with E-state index in [9.17, 15) is 13.0 Å². The maximum Gasteiger partial charge on any atom is 0.142 e. The van der Waals surface area contributed by atoms with Crippen LogP contribution < -0.4 is 5.73 Å². The van der Waals surface area contributed by atoms with Crippen LogP contribution in [0, 0.1) is 11.6 Å². The molecule has 0 aromatic heterocycles. The van der Waals surface area contributed by atoms with Crippen molar-refractivity contribution >= 4 is 10.8 Å². The zero-order valence-corrected chi connectivity index (χ0v) is 9.90. The molecule has 1 aromatic rings. The first-order valence-corrected chi connectivity index (χ1v) is 6.45. The minimum Gasteiger partial charge on any atom is -0.327 e. The Morgan fingerprint density at radius 1 is 1.44 bits per heavy atom. The SMILES string of the molecule is CCCC(N)CS(=O)c1ccc(F)cc1F. The average molecular weight is 247 g/mol. The predicted molar refractivity (Wildman–Crippen MR) is 60.5 cm³/mol. The Morgan fingerprint density at radius 3 is 2.69 bits per heavy atom. The molecule has 0 saturated carbocycles. The molecule has 0 fully saturated rings. The van der Waals surface area contributed by atoms with Crippen molar-refractivity contribution in [2.45, 2.75) is 30.7 Å². The van der Waals surface area contributed by atoms with Gasteiger partial charge >= 0.3 is 0 Å². The number of hydrogen-bond acceptors (Lipinski definition) is 2. The molecule has 2 unspecified atom stereocenters. The molecule has 16 heavy (non-hydrogen) atoms. The van der Waals surface area contributed by atoms with Gasteiger partial charge in [0.15, 0.2) is 0 Å². The number of hydrogen-bond donors (Lipinski definition) is 1. The lowest BCUT2D eigenvalue weighted by Crippen LogP contribution is -2.27. The van der Waals surface area contributed by atoms with Crippen LogP contribution in [0.3, 0.4) is 0 Å². The summed E-state index contributed by atoms with van der Waals surface area (Å²) in [5.74, 6) is -1.24. The summed E-state index contributed by atoms with van der Waals surface area (Å²) in [6.45, 7) is 1.97. The van der Waals surface area contributed by atoms with Gasteiger partial charge in [0.25, 0.3) is 0 Å². The zero-order chi connectivity index (χ0) is 12.1. The third-order valence-electron chi connectivity index (χ3n) is 2.16. The molecule has 0 aliphatic rings. The van der Waals surface area contributed by atoms with E-state index in [1.807, 2.05) is 6.92 Å². The topological polar surface area (TPSA) is 43.1 Å². The van der Waals surface area contributed by atoms with E-state index in [0.29, 0.717) is 0 Å². The van der Waals surface area contributed by atoms with Gasteiger partial charge in [0, 0.05) is 17.9 Å². The Balaban J connectivity index is 2.73. The first-order valence-electron chi connectivity index (χ1n) is 5.13. The molecule has 0 amide bonds. The van der Waals surface area contributed by atoms with Gasteiger partial charge in [-0.1, -0.05) is 13.3 Å². The lowest BCUT2D eigenvalue weighted by molar-refractivity contribution is 0.561. The fourth-order valence-electron chi connectivity index (χ4n) is 1.40. The van der Waals surface area contributed by atoms with Crippen LogP contribution in [0.15, 0.2) is 23.1 Å². The highest BCUT2D eigenvalue weighted by atomic mass is 32.2. The van der Waals surface area contributed by atoms with E-state index in [2.05, 4.69) is 0 Å². The summed E-state index contributed by atoms with van der Waals surface area (Å²) in [6, 6.07) is 2.83. The van der Waals surface area contributed by atoms with Gasteiger partial charge in [-0.15, -0.1) is 0 Å². The smallest absolute Gasteiger partial charge is 0.142 e. The second-order valence-corrected chi connectivity index (χ2v) is 5.10. The van der Waals surface area contributed by atoms with E-state index < -0.39 is 22.4 Å². The molecule has 0 bridgehead atoms. The van der Waals surface area contributed by atoms with Crippen molar-refractivity contribution in [1.29, 1.82) is 0 Å². The minimum atomic E-state index is -1.50. The lowest BCUT2D eigenvalue weighted by Gasteiger charge is -2.10. The Hall–Kier alpha value is -0.810. The van der Waals surface area contributed by atoms with E-state index in [4.69, 9.17) is 5.73 Å². The largest absolute Gasteiger partial charge is 0.327 e. The second kappa shape index (κ2) is 6.06. The van der Waals surface area contributed by atoms with Gasteiger partial charge in [-0.05, 0) is 18.6 Å². The molecule has 0 aliphatic heterocycles. The predicted octanol–water partition coefficient (Wildman–Crippen LogP) is 2.20. The number of benzene rings is 1. The van der Waals surface area contributed by atoms with E-state index in [-0.39, 0.29) is 16.7 Å². The van der Waals surface area contributed by atoms with Crippen LogP contribution in [0.4, 0.5) is 8.78 Å². The molecular formula is C11H15F2NOS. The Labute approximate surface area is 96.3 Å². The molecule has 2 N–H and O–H groups in total. The van der Waals surface area contributed by atoms with Gasteiger partial charge in [0.2, 0.25) is 0 Å². The summed E-state index contributed by atoms with van der Waals surface area (Å²) in [6.07, 6.45) is 1.64. The van der Waals surface area contributed by atoms with Gasteiger partial charge < -0.3 is 5.73 Å². The second-order valence-electron chi connectivity index (χ2n) is 3.64. The quantitative estimate of drug-likeness (QED) is 0.866. The molecule has 0 spiro atoms. The van der Waals surface area contributed by atoms with E-state index in [1.165, 1.54) is 6.07 Å². The van der Waals surface area contributed by atoms with Gasteiger partial charge in [-0.3, -0.25) is 4.21 Å². The maximum atomic E-state index is 13.3. The van der Waals surface area contributed by atoms with E-state index in [0.717, 1.165) is 25.0 Å². The number of rotatable bonds is 5. The molecule has 5 heteroatoms. The van der Waals surface area contributed by atoms with E-state index in [1.54, 1.807) is 0 Å². The van der Waals surface area contributed by atoms with Gasteiger partial charge in [-0.25, -0.2) is 8.78 Å². The van der Waals surface area contributed by atoms with Crippen LogP contribution in [0.25, 0.3) is 0 Å². The third kappa shape index (κ3) is 3.64. The van der Waals surface area contributed by atoms with Crippen LogP contribution in [-0.2, 0) is 10.8 Å². The average Bonchev–Trinajstić information content (AvgIpc) is 2.17. The molecule has 2 nitrogen and oxygen atoms in total. The highest BCUT2D eigenvalue weighted by Gasteiger charge is 2.14. The van der Waals surface area contributed by atoms with Crippen molar-refractivity contribution < 1.29 is 13.0 Å². The summed E-state index contributed by atoms with van der Waals surface area (Å²) in [7, 11) is -1.50. The molecule has 90 valence electrons. The molecule has 2 atom stereocenters. The summed E-state index contributed by atoms with van der Waals surface area (Å²) in [5.41, 5.74) is 5.71. The Kier molecular flexibility index (Phi) is 5.02. The number of halogens is 2. The Morgan fingerprint density at radius 2 is 2.12 bits per heavy atom. The van der Waals surface area contributed by atoms with Crippen molar-refractivity contribution in [3.8, 4) is 0 Å². The first kappa shape index (κ1) is 13.3. The molecule has 0 saturated heterocycles. The molecule has 1 aromatic carbocycles. The van der Waals surface area contributed by atoms with Crippen molar-refractivity contribution in [3.05, 3.63) is 29.8 Å². The lowest BCUT2D eigenvalue weighted by atomic mass is 10.2. The zero-order valence-electron chi connectivity index (χ0n) is 9.08. The standard InChI is InChI=1S/C11H15F2NOS/c1-2-3-9(14)7-16(15)11-5-4-8(12)6-10(11)13/h4-6,9H,2-3,7,14H2,1H3. The first-order chi connectivity index (χ1) is 7.54. The number of nitrogens with two attached hydrogens (primary N) is 1. The summed E-state index contributed by atoms with van der Waals surface area (Å²) in [4.78, 5) is 0.0213. The molecule has 0 radical (unpaired) electrons. The van der Waals surface area contributed by atoms with Crippen LogP contribution in [0.1, 0.15) is 19.8 Å². The van der Waals surface area contributed by atoms with Crippen LogP contribution >= 0.6 is 0 Å². The summed E-state index contributed by atoms with van der Waals surface area (Å²) < 4.78 is 37.6. The minimum absolute atomic E-state index is 0.0213. The van der Waals surface area contributed by atoms with Crippen molar-refractivity contribution in [2.75, 3.05) is 5.75 Å². The fraction of sp³-hybridized carbons (Fsp3) is 0.455. The Bertz CT molecular complexity index is 384. The fourth-order valence-corrected chi connectivity index (χ4v) is 2.63. The van der Waals surface area contributed by atoms with Gasteiger partial charge in [0.1, 0.15) is 11.6 Å². The highest BCUT2D eigenvalue weighted by molar-refractivity contribution is 7.85. The normalized spacial score (nSPS) is 14.8. The van der Waals surface area contributed by atoms with Gasteiger partial charge in [0.05, 0.1) is 15.7 Å². The van der Waals surface area contributed by atoms with Crippen molar-refractivity contribution in [3.63, 3.8) is 0 Å². The third-order valence-corrected chi connectivity index (χ3v) is 3.72. The summed E-state index contributed by atoms with van der Waals surface area (Å²) >= 11 is 0. The molecular weight excluding hydrogens is 232 g/mol. The van der Waals surface area contributed by atoms with Crippen molar-refractivity contribution in [2.24, 2.45) is 5.73 Å². The maximum absolute atomic E-state index is 13.3. The van der Waals surface area contributed by atoms with Gasteiger partial charge in [-0.2, -0.15) is 0 Å². The summed E-state index contributed by atoms with van der Waals surface area (Å²) in [5, 5.41) is 0. The van der Waals surface area contributed by atoms with E-state index >= 15 is 0 Å². The van der Waals surface area contributed by atoms with Crippen LogP contribution in [-0.4, -0.2) is 16.0 Å². The molecule has 0 aliphatic carbocycles. The molecule has 0 heterocycles.